The Morgan fingerprint density at radius 1 is 1.28 bits per heavy atom. The highest BCUT2D eigenvalue weighted by atomic mass is 19.4. The second kappa shape index (κ2) is 5.79. The highest BCUT2D eigenvalue weighted by Gasteiger charge is 2.34. The maximum atomic E-state index is 12.7. The molecule has 7 heteroatoms. The molecule has 0 spiro atoms. The summed E-state index contributed by atoms with van der Waals surface area (Å²) in [5.74, 6) is -0.554. The van der Waals surface area contributed by atoms with Crippen molar-refractivity contribution in [1.29, 1.82) is 0 Å². The lowest BCUT2D eigenvalue weighted by Crippen LogP contribution is -2.12. The molecule has 0 N–H and O–H groups in total. The fourth-order valence-electron chi connectivity index (χ4n) is 1.50. The molecule has 0 aliphatic carbocycles. The molecule has 100 valence electrons. The van der Waals surface area contributed by atoms with Gasteiger partial charge in [-0.2, -0.15) is 22.0 Å². The highest BCUT2D eigenvalue weighted by molar-refractivity contribution is 5.52. The minimum absolute atomic E-state index is 0.202. The fraction of sp³-hybridized carbons (Fsp3) is 0.364. The summed E-state index contributed by atoms with van der Waals surface area (Å²) in [7, 11) is 0. The lowest BCUT2D eigenvalue weighted by molar-refractivity contribution is -0.138. The first kappa shape index (κ1) is 14.4. The van der Waals surface area contributed by atoms with Gasteiger partial charge in [0.05, 0.1) is 5.56 Å². The van der Waals surface area contributed by atoms with Crippen LogP contribution >= 0.6 is 0 Å². The molecule has 0 saturated carbocycles. The Morgan fingerprint density at radius 2 is 1.94 bits per heavy atom. The Kier molecular flexibility index (Phi) is 4.63. The van der Waals surface area contributed by atoms with Crippen LogP contribution in [0.4, 0.5) is 22.0 Å². The Morgan fingerprint density at radius 3 is 2.44 bits per heavy atom. The van der Waals surface area contributed by atoms with Crippen LogP contribution in [0, 0.1) is 0 Å². The molecule has 0 aliphatic heterocycles. The van der Waals surface area contributed by atoms with E-state index in [1.165, 1.54) is 0 Å². The van der Waals surface area contributed by atoms with Gasteiger partial charge in [-0.05, 0) is 18.6 Å². The van der Waals surface area contributed by atoms with E-state index in [-0.39, 0.29) is 12.8 Å². The molecule has 0 atom stereocenters. The van der Waals surface area contributed by atoms with Gasteiger partial charge in [0.1, 0.15) is 12.0 Å². The molecular formula is C11H9F5O2. The lowest BCUT2D eigenvalue weighted by Gasteiger charge is -2.16. The van der Waals surface area contributed by atoms with Gasteiger partial charge in [-0.25, -0.2) is 0 Å². The second-order valence-corrected chi connectivity index (χ2v) is 3.36. The standard InChI is InChI=1S/C11H9F5O2/c12-10(13)18-9-5-1-4-8(11(14,15)16)7(9)3-2-6-17/h1,4-6,10H,2-3H2. The first-order valence-electron chi connectivity index (χ1n) is 4.93. The van der Waals surface area contributed by atoms with Crippen LogP contribution in [0.2, 0.25) is 0 Å². The molecule has 18 heavy (non-hydrogen) atoms. The number of hydrogen-bond donors (Lipinski definition) is 0. The SMILES string of the molecule is O=CCCc1c(OC(F)F)cccc1C(F)(F)F. The number of hydrogen-bond acceptors (Lipinski definition) is 2. The molecule has 0 fully saturated rings. The van der Waals surface area contributed by atoms with Crippen LogP contribution < -0.4 is 4.74 Å². The van der Waals surface area contributed by atoms with Gasteiger partial charge in [0.15, 0.2) is 0 Å². The monoisotopic (exact) mass is 268 g/mol. The van der Waals surface area contributed by atoms with Gasteiger partial charge in [0.25, 0.3) is 0 Å². The topological polar surface area (TPSA) is 26.3 Å². The largest absolute Gasteiger partial charge is 0.435 e. The van der Waals surface area contributed by atoms with Crippen molar-refractivity contribution in [2.75, 3.05) is 0 Å². The summed E-state index contributed by atoms with van der Waals surface area (Å²) in [5, 5.41) is 0. The smallest absolute Gasteiger partial charge is 0.416 e. The molecule has 0 amide bonds. The minimum Gasteiger partial charge on any atom is -0.435 e. The van der Waals surface area contributed by atoms with Gasteiger partial charge < -0.3 is 9.53 Å². The van der Waals surface area contributed by atoms with E-state index in [9.17, 15) is 26.7 Å². The minimum atomic E-state index is -4.68. The molecule has 1 rings (SSSR count). The fourth-order valence-corrected chi connectivity index (χ4v) is 1.50. The van der Waals surface area contributed by atoms with Crippen molar-refractivity contribution in [3.63, 3.8) is 0 Å². The van der Waals surface area contributed by atoms with Crippen LogP contribution in [0.15, 0.2) is 18.2 Å². The summed E-state index contributed by atoms with van der Waals surface area (Å²) in [6.07, 6.45) is -4.77. The summed E-state index contributed by atoms with van der Waals surface area (Å²) < 4.78 is 66.2. The van der Waals surface area contributed by atoms with Gasteiger partial charge in [0.2, 0.25) is 0 Å². The summed E-state index contributed by atoms with van der Waals surface area (Å²) in [6, 6.07) is 2.75. The summed E-state index contributed by atoms with van der Waals surface area (Å²) in [6.45, 7) is -3.22. The van der Waals surface area contributed by atoms with Gasteiger partial charge in [-0.15, -0.1) is 0 Å². The van der Waals surface area contributed by atoms with Crippen LogP contribution in [0.3, 0.4) is 0 Å². The predicted molar refractivity (Wildman–Crippen MR) is 52.5 cm³/mol. The van der Waals surface area contributed by atoms with Crippen LogP contribution in [-0.4, -0.2) is 12.9 Å². The summed E-state index contributed by atoms with van der Waals surface area (Å²) in [4.78, 5) is 10.2. The summed E-state index contributed by atoms with van der Waals surface area (Å²) >= 11 is 0. The van der Waals surface area contributed by atoms with Crippen molar-refractivity contribution in [2.24, 2.45) is 0 Å². The number of alkyl halides is 5. The van der Waals surface area contributed by atoms with Crippen molar-refractivity contribution in [1.82, 2.24) is 0 Å². The zero-order chi connectivity index (χ0) is 13.8. The van der Waals surface area contributed by atoms with E-state index in [1.807, 2.05) is 0 Å². The highest BCUT2D eigenvalue weighted by Crippen LogP contribution is 2.37. The number of rotatable bonds is 5. The molecule has 0 bridgehead atoms. The molecular weight excluding hydrogens is 259 g/mol. The van der Waals surface area contributed by atoms with Gasteiger partial charge in [-0.3, -0.25) is 0 Å². The third kappa shape index (κ3) is 3.68. The third-order valence-electron chi connectivity index (χ3n) is 2.17. The lowest BCUT2D eigenvalue weighted by atomic mass is 10.0. The van der Waals surface area contributed by atoms with Crippen molar-refractivity contribution in [2.45, 2.75) is 25.6 Å². The number of halogens is 5. The molecule has 2 nitrogen and oxygen atoms in total. The average Bonchev–Trinajstić information content (AvgIpc) is 2.25. The van der Waals surface area contributed by atoms with E-state index in [2.05, 4.69) is 4.74 Å². The molecule has 0 radical (unpaired) electrons. The van der Waals surface area contributed by atoms with Gasteiger partial charge in [-0.1, -0.05) is 6.07 Å². The number of carbonyl (C=O) groups excluding carboxylic acids is 1. The van der Waals surface area contributed by atoms with E-state index < -0.39 is 29.7 Å². The zero-order valence-electron chi connectivity index (χ0n) is 9.01. The molecule has 1 aromatic rings. The molecule has 0 aromatic heterocycles. The van der Waals surface area contributed by atoms with Crippen LogP contribution in [-0.2, 0) is 17.4 Å². The van der Waals surface area contributed by atoms with Crippen LogP contribution in [0.5, 0.6) is 5.75 Å². The van der Waals surface area contributed by atoms with Gasteiger partial charge in [0, 0.05) is 12.0 Å². The van der Waals surface area contributed by atoms with Crippen molar-refractivity contribution < 1.29 is 31.5 Å². The third-order valence-corrected chi connectivity index (χ3v) is 2.17. The van der Waals surface area contributed by atoms with Crippen molar-refractivity contribution in [3.05, 3.63) is 29.3 Å². The number of ether oxygens (including phenoxy) is 1. The molecule has 0 unspecified atom stereocenters. The Bertz CT molecular complexity index is 414. The average molecular weight is 268 g/mol. The van der Waals surface area contributed by atoms with Crippen molar-refractivity contribution >= 4 is 6.29 Å². The normalized spacial score (nSPS) is 11.7. The Hall–Kier alpha value is -1.66. The molecule has 0 heterocycles. The number of carbonyl (C=O) groups is 1. The Balaban J connectivity index is 3.20. The zero-order valence-corrected chi connectivity index (χ0v) is 9.01. The van der Waals surface area contributed by atoms with E-state index in [0.29, 0.717) is 6.29 Å². The van der Waals surface area contributed by atoms with Crippen molar-refractivity contribution in [3.8, 4) is 5.75 Å². The number of benzene rings is 1. The van der Waals surface area contributed by atoms with E-state index >= 15 is 0 Å². The second-order valence-electron chi connectivity index (χ2n) is 3.36. The first-order valence-corrected chi connectivity index (χ1v) is 4.93. The first-order chi connectivity index (χ1) is 8.36. The quantitative estimate of drug-likeness (QED) is 0.604. The van der Waals surface area contributed by atoms with E-state index in [1.54, 1.807) is 0 Å². The maximum Gasteiger partial charge on any atom is 0.416 e. The Labute approximate surface area is 99.4 Å². The van der Waals surface area contributed by atoms with Crippen LogP contribution in [0.1, 0.15) is 17.5 Å². The molecule has 0 aliphatic rings. The van der Waals surface area contributed by atoms with E-state index in [0.717, 1.165) is 18.2 Å². The maximum absolute atomic E-state index is 12.7. The number of aldehydes is 1. The van der Waals surface area contributed by atoms with E-state index in [4.69, 9.17) is 0 Å². The van der Waals surface area contributed by atoms with Crippen LogP contribution in [0.25, 0.3) is 0 Å². The molecule has 0 saturated heterocycles. The van der Waals surface area contributed by atoms with Gasteiger partial charge >= 0.3 is 12.8 Å². The predicted octanol–water partition coefficient (Wildman–Crippen LogP) is 3.44. The molecule has 1 aromatic carbocycles. The summed E-state index contributed by atoms with van der Waals surface area (Å²) in [5.41, 5.74) is -1.50.